The number of aromatic hydroxyl groups is 1. The molecule has 1 atom stereocenters. The minimum atomic E-state index is -1.19. The fraction of sp³-hybridized carbons (Fsp3) is 0.222. The van der Waals surface area contributed by atoms with Gasteiger partial charge in [0.15, 0.2) is 0 Å². The first-order chi connectivity index (χ1) is 16.9. The lowest BCUT2D eigenvalue weighted by molar-refractivity contribution is -0.118. The summed E-state index contributed by atoms with van der Waals surface area (Å²) < 4.78 is 5.53. The molecule has 8 nitrogen and oxygen atoms in total. The van der Waals surface area contributed by atoms with Crippen LogP contribution in [0.3, 0.4) is 0 Å². The van der Waals surface area contributed by atoms with E-state index in [1.807, 2.05) is 55.5 Å². The topological polar surface area (TPSA) is 125 Å². The average Bonchev–Trinajstić information content (AvgIpc) is 3.17. The molecule has 3 aromatic carbocycles. The number of carboxylic acid groups (broad SMARTS) is 1. The van der Waals surface area contributed by atoms with Crippen molar-refractivity contribution < 1.29 is 29.3 Å². The number of phenolic OH excluding ortho intramolecular Hbond substituents is 1. The van der Waals surface area contributed by atoms with Gasteiger partial charge in [0.1, 0.15) is 18.4 Å². The maximum absolute atomic E-state index is 12.8. The Morgan fingerprint density at radius 1 is 0.971 bits per heavy atom. The van der Waals surface area contributed by atoms with Crippen LogP contribution >= 0.6 is 0 Å². The second-order valence-corrected chi connectivity index (χ2v) is 8.34. The van der Waals surface area contributed by atoms with Gasteiger partial charge in [0.25, 0.3) is 0 Å². The number of carbonyl (C=O) groups excluding carboxylic acids is 2. The molecule has 0 saturated heterocycles. The molecular weight excluding hydrogens is 448 g/mol. The molecule has 8 heteroatoms. The molecule has 0 radical (unpaired) electrons. The Hall–Kier alpha value is -4.33. The van der Waals surface area contributed by atoms with Gasteiger partial charge in [0, 0.05) is 5.92 Å². The van der Waals surface area contributed by atoms with E-state index >= 15 is 0 Å². The summed E-state index contributed by atoms with van der Waals surface area (Å²) in [6.07, 6.45) is 0.196. The number of nitrogens with one attached hydrogen (secondary N) is 2. The standard InChI is InChI=1S/C27H26N2O6/c1-2-7-22(25(31)28-23-14-16(26(32)33)12-13-24(23)30)29-27(34)35-15-21-19-10-5-3-8-17(19)18-9-4-6-11-20(18)21/h3-6,8-14,21-22,30H,2,7,15H2,1H3,(H,28,31)(H,29,34)(H,32,33). The molecule has 35 heavy (non-hydrogen) atoms. The minimum Gasteiger partial charge on any atom is -0.506 e. The Labute approximate surface area is 202 Å². The molecule has 0 aliphatic heterocycles. The van der Waals surface area contributed by atoms with Gasteiger partial charge in [-0.3, -0.25) is 4.79 Å². The molecule has 0 spiro atoms. The van der Waals surface area contributed by atoms with E-state index in [9.17, 15) is 19.5 Å². The van der Waals surface area contributed by atoms with E-state index in [0.717, 1.165) is 28.3 Å². The number of ether oxygens (including phenoxy) is 1. The van der Waals surface area contributed by atoms with Crippen LogP contribution in [0.5, 0.6) is 5.75 Å². The van der Waals surface area contributed by atoms with Gasteiger partial charge >= 0.3 is 12.1 Å². The summed E-state index contributed by atoms with van der Waals surface area (Å²) in [7, 11) is 0. The highest BCUT2D eigenvalue weighted by atomic mass is 16.5. The number of alkyl carbamates (subject to hydrolysis) is 1. The van der Waals surface area contributed by atoms with E-state index < -0.39 is 24.0 Å². The molecule has 1 unspecified atom stereocenters. The second-order valence-electron chi connectivity index (χ2n) is 8.34. The van der Waals surface area contributed by atoms with E-state index in [0.29, 0.717) is 12.8 Å². The van der Waals surface area contributed by atoms with Gasteiger partial charge in [-0.25, -0.2) is 9.59 Å². The zero-order valence-electron chi connectivity index (χ0n) is 19.2. The summed E-state index contributed by atoms with van der Waals surface area (Å²) in [4.78, 5) is 36.7. The van der Waals surface area contributed by atoms with E-state index in [2.05, 4.69) is 10.6 Å². The Balaban J connectivity index is 1.42. The lowest BCUT2D eigenvalue weighted by Gasteiger charge is -2.20. The van der Waals surface area contributed by atoms with Crippen molar-refractivity contribution in [3.05, 3.63) is 83.4 Å². The first-order valence-corrected chi connectivity index (χ1v) is 11.4. The van der Waals surface area contributed by atoms with Crippen molar-refractivity contribution in [2.45, 2.75) is 31.7 Å². The van der Waals surface area contributed by atoms with Crippen LogP contribution in [0.4, 0.5) is 10.5 Å². The van der Waals surface area contributed by atoms with Gasteiger partial charge in [-0.05, 0) is 46.9 Å². The molecule has 4 N–H and O–H groups in total. The van der Waals surface area contributed by atoms with Crippen LogP contribution < -0.4 is 10.6 Å². The largest absolute Gasteiger partial charge is 0.506 e. The molecule has 2 amide bonds. The van der Waals surface area contributed by atoms with E-state index in [1.165, 1.54) is 12.1 Å². The van der Waals surface area contributed by atoms with Crippen LogP contribution in [-0.2, 0) is 9.53 Å². The van der Waals surface area contributed by atoms with Crippen molar-refractivity contribution in [1.29, 1.82) is 0 Å². The van der Waals surface area contributed by atoms with Crippen molar-refractivity contribution in [2.24, 2.45) is 0 Å². The van der Waals surface area contributed by atoms with Gasteiger partial charge < -0.3 is 25.6 Å². The number of fused-ring (bicyclic) bond motifs is 3. The number of carboxylic acids is 1. The maximum Gasteiger partial charge on any atom is 0.407 e. The highest BCUT2D eigenvalue weighted by molar-refractivity contribution is 5.99. The molecule has 0 heterocycles. The van der Waals surface area contributed by atoms with Crippen LogP contribution in [0, 0.1) is 0 Å². The summed E-state index contributed by atoms with van der Waals surface area (Å²) >= 11 is 0. The second kappa shape index (κ2) is 10.3. The number of benzene rings is 3. The van der Waals surface area contributed by atoms with Crippen LogP contribution in [0.2, 0.25) is 0 Å². The smallest absolute Gasteiger partial charge is 0.407 e. The van der Waals surface area contributed by atoms with Crippen molar-refractivity contribution in [3.8, 4) is 16.9 Å². The number of hydrogen-bond donors (Lipinski definition) is 4. The van der Waals surface area contributed by atoms with Crippen LogP contribution in [0.1, 0.15) is 47.2 Å². The fourth-order valence-electron chi connectivity index (χ4n) is 4.33. The summed E-state index contributed by atoms with van der Waals surface area (Å²) in [5, 5.41) is 24.2. The Morgan fingerprint density at radius 2 is 1.60 bits per heavy atom. The molecule has 4 rings (SSSR count). The molecule has 0 fully saturated rings. The van der Waals surface area contributed by atoms with E-state index in [-0.39, 0.29) is 29.5 Å². The van der Waals surface area contributed by atoms with Crippen molar-refractivity contribution in [3.63, 3.8) is 0 Å². The van der Waals surface area contributed by atoms with Gasteiger partial charge in [-0.2, -0.15) is 0 Å². The quantitative estimate of drug-likeness (QED) is 0.350. The highest BCUT2D eigenvalue weighted by Crippen LogP contribution is 2.44. The van der Waals surface area contributed by atoms with Crippen LogP contribution in [0.15, 0.2) is 66.7 Å². The minimum absolute atomic E-state index is 0.0506. The first-order valence-electron chi connectivity index (χ1n) is 11.4. The van der Waals surface area contributed by atoms with Gasteiger partial charge in [0.05, 0.1) is 11.3 Å². The van der Waals surface area contributed by atoms with Gasteiger partial charge in [0.2, 0.25) is 5.91 Å². The summed E-state index contributed by atoms with van der Waals surface area (Å²) in [6.45, 7) is 1.98. The SMILES string of the molecule is CCCC(NC(=O)OCC1c2ccccc2-c2ccccc21)C(=O)Nc1cc(C(=O)O)ccc1O. The first kappa shape index (κ1) is 23.8. The lowest BCUT2D eigenvalue weighted by Crippen LogP contribution is -2.44. The van der Waals surface area contributed by atoms with Crippen LogP contribution in [-0.4, -0.2) is 40.8 Å². The van der Waals surface area contributed by atoms with Crippen molar-refractivity contribution >= 4 is 23.7 Å². The Morgan fingerprint density at radius 3 is 2.20 bits per heavy atom. The van der Waals surface area contributed by atoms with Gasteiger partial charge in [-0.15, -0.1) is 0 Å². The fourth-order valence-corrected chi connectivity index (χ4v) is 4.33. The Kier molecular flexibility index (Phi) is 7.01. The van der Waals surface area contributed by atoms with Crippen molar-refractivity contribution in [2.75, 3.05) is 11.9 Å². The molecule has 0 saturated carbocycles. The Bertz CT molecular complexity index is 1230. The normalized spacial score (nSPS) is 12.8. The van der Waals surface area contributed by atoms with Crippen LogP contribution in [0.25, 0.3) is 11.1 Å². The summed E-state index contributed by atoms with van der Waals surface area (Å²) in [5.41, 5.74) is 4.25. The molecule has 1 aliphatic rings. The molecule has 180 valence electrons. The lowest BCUT2D eigenvalue weighted by atomic mass is 9.98. The zero-order chi connectivity index (χ0) is 24.9. The number of hydrogen-bond acceptors (Lipinski definition) is 5. The van der Waals surface area contributed by atoms with E-state index in [1.54, 1.807) is 0 Å². The average molecular weight is 475 g/mol. The summed E-state index contributed by atoms with van der Waals surface area (Å²) in [5.74, 6) is -2.16. The predicted molar refractivity (Wildman–Crippen MR) is 131 cm³/mol. The number of rotatable bonds is 8. The number of amides is 2. The highest BCUT2D eigenvalue weighted by Gasteiger charge is 2.30. The zero-order valence-corrected chi connectivity index (χ0v) is 19.2. The number of aromatic carboxylic acids is 1. The summed E-state index contributed by atoms with van der Waals surface area (Å²) in [6, 6.07) is 18.6. The monoisotopic (exact) mass is 474 g/mol. The van der Waals surface area contributed by atoms with Gasteiger partial charge in [-0.1, -0.05) is 61.9 Å². The third-order valence-electron chi connectivity index (χ3n) is 6.03. The molecular formula is C27H26N2O6. The van der Waals surface area contributed by atoms with Crippen molar-refractivity contribution in [1.82, 2.24) is 5.32 Å². The molecule has 0 bridgehead atoms. The molecule has 0 aromatic heterocycles. The third kappa shape index (κ3) is 5.11. The molecule has 3 aromatic rings. The maximum atomic E-state index is 12.8. The number of anilines is 1. The third-order valence-corrected chi connectivity index (χ3v) is 6.03. The van der Waals surface area contributed by atoms with E-state index in [4.69, 9.17) is 9.84 Å². The number of phenols is 1. The predicted octanol–water partition coefficient (Wildman–Crippen LogP) is 4.74. The molecule has 1 aliphatic carbocycles. The number of carbonyl (C=O) groups is 3.